The number of aryl methyl sites for hydroxylation is 1. The lowest BCUT2D eigenvalue weighted by Gasteiger charge is -2.12. The molecule has 2 heterocycles. The molecule has 0 aliphatic heterocycles. The molecule has 2 N–H and O–H groups in total. The van der Waals surface area contributed by atoms with Crippen LogP contribution >= 0.6 is 0 Å². The fourth-order valence-corrected chi connectivity index (χ4v) is 5.26. The number of carboxylic acid groups (broad SMARTS) is 1. The standard InChI is InChI=1S/C33H28N4O5/c1-2-3-12-30-34-27-18-17-23(37-31(38)25-9-4-6-10-26(25)35-32(37)39)19-28(27)36(30)20-21-13-15-22(16-14-21)24-8-5-7-11-29(24)42-33(40)41/h4-11,13-19H,2-3,12,20H2,1H3,(H,35,39)(H,40,41). The van der Waals surface area contributed by atoms with Gasteiger partial charge in [0.2, 0.25) is 0 Å². The number of para-hydroxylation sites is 2. The SMILES string of the molecule is CCCCc1nc2ccc(-n3c(=O)[nH]c4ccccc4c3=O)cc2n1Cc1ccc(-c2ccccc2OC(=O)O)cc1. The Balaban J connectivity index is 1.41. The summed E-state index contributed by atoms with van der Waals surface area (Å²) < 4.78 is 8.25. The molecule has 0 aliphatic rings. The van der Waals surface area contributed by atoms with Crippen molar-refractivity contribution in [1.29, 1.82) is 0 Å². The summed E-state index contributed by atoms with van der Waals surface area (Å²) in [6.45, 7) is 2.66. The van der Waals surface area contributed by atoms with Crippen LogP contribution in [0.4, 0.5) is 4.79 Å². The Bertz CT molecular complexity index is 2050. The topological polar surface area (TPSA) is 119 Å². The largest absolute Gasteiger partial charge is 0.511 e. The van der Waals surface area contributed by atoms with Crippen LogP contribution in [0.25, 0.3) is 38.8 Å². The van der Waals surface area contributed by atoms with Gasteiger partial charge in [0, 0.05) is 18.5 Å². The van der Waals surface area contributed by atoms with Crippen LogP contribution < -0.4 is 16.0 Å². The first kappa shape index (κ1) is 26.8. The molecule has 210 valence electrons. The second-order valence-electron chi connectivity index (χ2n) is 10.1. The van der Waals surface area contributed by atoms with Crippen molar-refractivity contribution >= 4 is 28.1 Å². The van der Waals surface area contributed by atoms with Crippen LogP contribution in [0.5, 0.6) is 5.75 Å². The minimum Gasteiger partial charge on any atom is -0.449 e. The molecule has 0 radical (unpaired) electrons. The number of aromatic nitrogens is 4. The highest BCUT2D eigenvalue weighted by Crippen LogP contribution is 2.30. The molecule has 0 fully saturated rings. The van der Waals surface area contributed by atoms with Crippen molar-refractivity contribution < 1.29 is 14.6 Å². The van der Waals surface area contributed by atoms with Crippen LogP contribution in [-0.4, -0.2) is 30.4 Å². The van der Waals surface area contributed by atoms with Crippen molar-refractivity contribution in [1.82, 2.24) is 19.1 Å². The van der Waals surface area contributed by atoms with Crippen molar-refractivity contribution in [3.63, 3.8) is 0 Å². The van der Waals surface area contributed by atoms with Crippen molar-refractivity contribution in [3.05, 3.63) is 123 Å². The van der Waals surface area contributed by atoms with E-state index >= 15 is 0 Å². The number of benzene rings is 4. The summed E-state index contributed by atoms with van der Waals surface area (Å²) in [5, 5.41) is 9.54. The summed E-state index contributed by atoms with van der Waals surface area (Å²) in [6, 6.07) is 27.3. The molecule has 9 nitrogen and oxygen atoms in total. The van der Waals surface area contributed by atoms with E-state index in [1.807, 2.05) is 48.5 Å². The number of hydrogen-bond donors (Lipinski definition) is 2. The van der Waals surface area contributed by atoms with E-state index in [0.29, 0.717) is 28.7 Å². The van der Waals surface area contributed by atoms with Crippen molar-refractivity contribution in [3.8, 4) is 22.6 Å². The van der Waals surface area contributed by atoms with Gasteiger partial charge in [0.15, 0.2) is 0 Å². The normalized spacial score (nSPS) is 11.3. The number of carbonyl (C=O) groups is 1. The van der Waals surface area contributed by atoms with Crippen molar-refractivity contribution in [2.75, 3.05) is 0 Å². The fraction of sp³-hybridized carbons (Fsp3) is 0.152. The van der Waals surface area contributed by atoms with Gasteiger partial charge < -0.3 is 19.4 Å². The maximum Gasteiger partial charge on any atom is 0.511 e. The predicted molar refractivity (Wildman–Crippen MR) is 162 cm³/mol. The molecule has 6 aromatic rings. The third kappa shape index (κ3) is 5.08. The summed E-state index contributed by atoms with van der Waals surface area (Å²) in [4.78, 5) is 45.2. The zero-order valence-corrected chi connectivity index (χ0v) is 22.9. The van der Waals surface area contributed by atoms with Gasteiger partial charge in [-0.2, -0.15) is 0 Å². The zero-order chi connectivity index (χ0) is 29.2. The van der Waals surface area contributed by atoms with E-state index in [4.69, 9.17) is 14.8 Å². The molecule has 6 rings (SSSR count). The van der Waals surface area contributed by atoms with Gasteiger partial charge >= 0.3 is 11.8 Å². The molecule has 0 saturated heterocycles. The molecule has 0 aliphatic carbocycles. The first-order valence-corrected chi connectivity index (χ1v) is 13.8. The Morgan fingerprint density at radius 2 is 1.71 bits per heavy atom. The average molecular weight is 561 g/mol. The molecule has 42 heavy (non-hydrogen) atoms. The van der Waals surface area contributed by atoms with Crippen molar-refractivity contribution in [2.45, 2.75) is 32.7 Å². The van der Waals surface area contributed by atoms with E-state index in [0.717, 1.165) is 51.8 Å². The maximum atomic E-state index is 13.3. The summed E-state index contributed by atoms with van der Waals surface area (Å²) >= 11 is 0. The molecule has 4 aromatic carbocycles. The van der Waals surface area contributed by atoms with E-state index in [1.165, 1.54) is 0 Å². The van der Waals surface area contributed by atoms with Gasteiger partial charge in [-0.25, -0.2) is 19.1 Å². The molecule has 0 unspecified atom stereocenters. The molecule has 9 heteroatoms. The van der Waals surface area contributed by atoms with Gasteiger partial charge in [-0.1, -0.05) is 67.9 Å². The second-order valence-corrected chi connectivity index (χ2v) is 10.1. The quantitative estimate of drug-likeness (QED) is 0.170. The number of nitrogens with one attached hydrogen (secondary N) is 1. The van der Waals surface area contributed by atoms with Gasteiger partial charge in [0.25, 0.3) is 5.56 Å². The molecular weight excluding hydrogens is 532 g/mol. The number of unbranched alkanes of at least 4 members (excludes halogenated alkanes) is 1. The van der Waals surface area contributed by atoms with Crippen LogP contribution in [-0.2, 0) is 13.0 Å². The monoisotopic (exact) mass is 560 g/mol. The lowest BCUT2D eigenvalue weighted by atomic mass is 10.0. The Kier molecular flexibility index (Phi) is 7.14. The summed E-state index contributed by atoms with van der Waals surface area (Å²) in [5.41, 5.74) is 4.21. The molecular formula is C33H28N4O5. The molecule has 0 bridgehead atoms. The molecule has 0 amide bonds. The van der Waals surface area contributed by atoms with Crippen LogP contribution in [0.15, 0.2) is 101 Å². The third-order valence-electron chi connectivity index (χ3n) is 7.32. The number of H-pyrrole nitrogens is 1. The summed E-state index contributed by atoms with van der Waals surface area (Å²) in [6.07, 6.45) is 1.41. The number of rotatable bonds is 8. The van der Waals surface area contributed by atoms with Gasteiger partial charge in [0.05, 0.1) is 27.6 Å². The fourth-order valence-electron chi connectivity index (χ4n) is 5.26. The number of aromatic amines is 1. The Morgan fingerprint density at radius 1 is 0.952 bits per heavy atom. The Labute approximate surface area is 240 Å². The lowest BCUT2D eigenvalue weighted by Crippen LogP contribution is -2.33. The highest BCUT2D eigenvalue weighted by molar-refractivity contribution is 5.80. The highest BCUT2D eigenvalue weighted by atomic mass is 16.7. The summed E-state index contributed by atoms with van der Waals surface area (Å²) in [7, 11) is 0. The van der Waals surface area contributed by atoms with Crippen LogP contribution in [0.1, 0.15) is 31.2 Å². The van der Waals surface area contributed by atoms with Gasteiger partial charge in [-0.15, -0.1) is 0 Å². The lowest BCUT2D eigenvalue weighted by molar-refractivity contribution is 0.144. The maximum absolute atomic E-state index is 13.3. The number of hydrogen-bond acceptors (Lipinski definition) is 5. The number of imidazole rings is 1. The zero-order valence-electron chi connectivity index (χ0n) is 22.9. The smallest absolute Gasteiger partial charge is 0.449 e. The van der Waals surface area contributed by atoms with E-state index in [1.54, 1.807) is 42.5 Å². The number of ether oxygens (including phenoxy) is 1. The van der Waals surface area contributed by atoms with Crippen LogP contribution in [0.3, 0.4) is 0 Å². The highest BCUT2D eigenvalue weighted by Gasteiger charge is 2.16. The van der Waals surface area contributed by atoms with Crippen LogP contribution in [0.2, 0.25) is 0 Å². The van der Waals surface area contributed by atoms with Gasteiger partial charge in [0.1, 0.15) is 11.6 Å². The first-order chi connectivity index (χ1) is 20.4. The van der Waals surface area contributed by atoms with E-state index < -0.39 is 11.8 Å². The molecule has 0 spiro atoms. The molecule has 0 atom stereocenters. The minimum absolute atomic E-state index is 0.270. The first-order valence-electron chi connectivity index (χ1n) is 13.8. The van der Waals surface area contributed by atoms with E-state index in [-0.39, 0.29) is 11.3 Å². The average Bonchev–Trinajstić information content (AvgIpc) is 3.33. The Morgan fingerprint density at radius 3 is 2.50 bits per heavy atom. The van der Waals surface area contributed by atoms with Crippen molar-refractivity contribution in [2.24, 2.45) is 0 Å². The molecule has 0 saturated carbocycles. The van der Waals surface area contributed by atoms with E-state index in [2.05, 4.69) is 16.5 Å². The predicted octanol–water partition coefficient (Wildman–Crippen LogP) is 6.14. The second kappa shape index (κ2) is 11.2. The minimum atomic E-state index is -1.36. The number of nitrogens with zero attached hydrogens (tertiary/aromatic N) is 3. The third-order valence-corrected chi connectivity index (χ3v) is 7.32. The van der Waals surface area contributed by atoms with E-state index in [9.17, 15) is 14.4 Å². The summed E-state index contributed by atoms with van der Waals surface area (Å²) in [5.74, 6) is 1.19. The number of fused-ring (bicyclic) bond motifs is 2. The van der Waals surface area contributed by atoms with Gasteiger partial charge in [-0.3, -0.25) is 4.79 Å². The molecule has 2 aromatic heterocycles. The van der Waals surface area contributed by atoms with Gasteiger partial charge in [-0.05, 0) is 53.9 Å². The Hall–Kier alpha value is -5.44. The van der Waals surface area contributed by atoms with Crippen LogP contribution in [0, 0.1) is 0 Å².